The van der Waals surface area contributed by atoms with Crippen LogP contribution in [0.5, 0.6) is 11.5 Å². The van der Waals surface area contributed by atoms with Gasteiger partial charge in [-0.3, -0.25) is 9.69 Å². The summed E-state index contributed by atoms with van der Waals surface area (Å²) in [7, 11) is 1.71. The maximum absolute atomic E-state index is 12.6. The number of ether oxygens (including phenoxy) is 2. The summed E-state index contributed by atoms with van der Waals surface area (Å²) in [5.74, 6) is 1.60. The summed E-state index contributed by atoms with van der Waals surface area (Å²) in [5.41, 5.74) is 3.29. The zero-order chi connectivity index (χ0) is 22.4. The van der Waals surface area contributed by atoms with Crippen molar-refractivity contribution in [3.8, 4) is 17.6 Å². The minimum Gasteiger partial charge on any atom is -0.454 e. The normalized spacial score (nSPS) is 19.3. The SMILES string of the molecule is CC(c1ccc2c(c1)OCO2)N1CCN(c2cc(=O)n(C)n3cc(CC#N)nc23)C(C)C1. The third-order valence-corrected chi connectivity index (χ3v) is 6.52. The van der Waals surface area contributed by atoms with Crippen LogP contribution in [-0.2, 0) is 13.5 Å². The molecule has 2 aliphatic heterocycles. The highest BCUT2D eigenvalue weighted by molar-refractivity contribution is 5.69. The lowest BCUT2D eigenvalue weighted by molar-refractivity contribution is 0.171. The van der Waals surface area contributed by atoms with Gasteiger partial charge in [-0.25, -0.2) is 14.2 Å². The van der Waals surface area contributed by atoms with Gasteiger partial charge >= 0.3 is 0 Å². The summed E-state index contributed by atoms with van der Waals surface area (Å²) >= 11 is 0. The van der Waals surface area contributed by atoms with E-state index in [-0.39, 0.29) is 30.9 Å². The summed E-state index contributed by atoms with van der Waals surface area (Å²) in [6.07, 6.45) is 1.98. The Labute approximate surface area is 186 Å². The number of hydrogen-bond acceptors (Lipinski definition) is 7. The van der Waals surface area contributed by atoms with E-state index in [4.69, 9.17) is 14.7 Å². The van der Waals surface area contributed by atoms with Gasteiger partial charge in [-0.15, -0.1) is 0 Å². The second-order valence-electron chi connectivity index (χ2n) is 8.45. The number of imidazole rings is 1. The van der Waals surface area contributed by atoms with E-state index < -0.39 is 0 Å². The molecular formula is C23H26N6O3. The maximum atomic E-state index is 12.6. The van der Waals surface area contributed by atoms with Gasteiger partial charge in [0, 0.05) is 44.8 Å². The number of rotatable bonds is 4. The Bertz CT molecular complexity index is 1270. The average Bonchev–Trinajstić information content (AvgIpc) is 3.43. The topological polar surface area (TPSA) is 88.0 Å². The predicted molar refractivity (Wildman–Crippen MR) is 119 cm³/mol. The van der Waals surface area contributed by atoms with Crippen LogP contribution in [-0.4, -0.2) is 51.6 Å². The fourth-order valence-corrected chi connectivity index (χ4v) is 4.66. The van der Waals surface area contributed by atoms with E-state index in [1.54, 1.807) is 23.8 Å². The number of fused-ring (bicyclic) bond motifs is 2. The van der Waals surface area contributed by atoms with Gasteiger partial charge in [0.25, 0.3) is 5.56 Å². The van der Waals surface area contributed by atoms with Crippen LogP contribution in [0.15, 0.2) is 35.3 Å². The summed E-state index contributed by atoms with van der Waals surface area (Å²) in [4.78, 5) is 22.0. The molecule has 0 N–H and O–H groups in total. The number of aromatic nitrogens is 3. The first-order valence-electron chi connectivity index (χ1n) is 10.8. The molecule has 1 fully saturated rings. The molecule has 0 bridgehead atoms. The molecule has 0 amide bonds. The third-order valence-electron chi connectivity index (χ3n) is 6.52. The van der Waals surface area contributed by atoms with Crippen LogP contribution in [0, 0.1) is 11.3 Å². The molecule has 32 heavy (non-hydrogen) atoms. The molecule has 0 radical (unpaired) electrons. The van der Waals surface area contributed by atoms with Gasteiger partial charge in [0.15, 0.2) is 17.1 Å². The van der Waals surface area contributed by atoms with Crippen molar-refractivity contribution in [2.24, 2.45) is 7.05 Å². The van der Waals surface area contributed by atoms with E-state index in [0.29, 0.717) is 11.3 Å². The van der Waals surface area contributed by atoms with Crippen LogP contribution in [0.2, 0.25) is 0 Å². The van der Waals surface area contributed by atoms with E-state index in [2.05, 4.69) is 46.8 Å². The number of aryl methyl sites for hydroxylation is 1. The lowest BCUT2D eigenvalue weighted by Crippen LogP contribution is -2.53. The zero-order valence-electron chi connectivity index (χ0n) is 18.5. The molecule has 2 aliphatic rings. The van der Waals surface area contributed by atoms with Crippen molar-refractivity contribution < 1.29 is 9.47 Å². The number of nitriles is 1. The molecule has 2 unspecified atom stereocenters. The Morgan fingerprint density at radius 1 is 1.25 bits per heavy atom. The van der Waals surface area contributed by atoms with Crippen molar-refractivity contribution >= 4 is 11.3 Å². The molecule has 2 atom stereocenters. The van der Waals surface area contributed by atoms with Gasteiger partial charge in [-0.2, -0.15) is 5.26 Å². The average molecular weight is 435 g/mol. The first kappa shape index (κ1) is 20.4. The van der Waals surface area contributed by atoms with Gasteiger partial charge < -0.3 is 14.4 Å². The van der Waals surface area contributed by atoms with Gasteiger partial charge in [0.2, 0.25) is 6.79 Å². The van der Waals surface area contributed by atoms with Crippen LogP contribution in [0.4, 0.5) is 5.69 Å². The quantitative estimate of drug-likeness (QED) is 0.621. The van der Waals surface area contributed by atoms with Crippen molar-refractivity contribution in [2.45, 2.75) is 32.4 Å². The predicted octanol–water partition coefficient (Wildman–Crippen LogP) is 2.10. The minimum atomic E-state index is -0.100. The molecule has 2 aromatic heterocycles. The largest absolute Gasteiger partial charge is 0.454 e. The van der Waals surface area contributed by atoms with Crippen LogP contribution < -0.4 is 19.9 Å². The lowest BCUT2D eigenvalue weighted by Gasteiger charge is -2.43. The van der Waals surface area contributed by atoms with E-state index in [0.717, 1.165) is 36.8 Å². The van der Waals surface area contributed by atoms with Crippen molar-refractivity contribution in [2.75, 3.05) is 31.3 Å². The Balaban J connectivity index is 1.40. The highest BCUT2D eigenvalue weighted by atomic mass is 16.7. The van der Waals surface area contributed by atoms with Crippen LogP contribution in [0.3, 0.4) is 0 Å². The molecular weight excluding hydrogens is 408 g/mol. The van der Waals surface area contributed by atoms with Crippen molar-refractivity contribution in [3.05, 3.63) is 52.1 Å². The number of benzene rings is 1. The standard InChI is InChI=1S/C23H26N6O3/c1-15-12-27(16(2)17-4-5-20-21(10-17)32-14-31-20)8-9-28(15)19-11-22(30)26(3)29-13-18(6-7-24)25-23(19)29/h4-5,10-11,13,15-16H,6,8-9,12,14H2,1-3H3. The molecule has 166 valence electrons. The summed E-state index contributed by atoms with van der Waals surface area (Å²) in [6, 6.07) is 10.3. The highest BCUT2D eigenvalue weighted by Gasteiger charge is 2.30. The minimum absolute atomic E-state index is 0.100. The Morgan fingerprint density at radius 3 is 2.84 bits per heavy atom. The molecule has 5 rings (SSSR count). The van der Waals surface area contributed by atoms with E-state index in [9.17, 15) is 4.79 Å². The monoisotopic (exact) mass is 434 g/mol. The molecule has 0 aliphatic carbocycles. The first-order chi connectivity index (χ1) is 15.5. The molecule has 3 aromatic rings. The molecule has 1 aromatic carbocycles. The van der Waals surface area contributed by atoms with Crippen LogP contribution >= 0.6 is 0 Å². The Morgan fingerprint density at radius 2 is 2.06 bits per heavy atom. The summed E-state index contributed by atoms with van der Waals surface area (Å²) in [5, 5.41) is 9.06. The van der Waals surface area contributed by atoms with Crippen LogP contribution in [0.25, 0.3) is 5.65 Å². The molecule has 9 heteroatoms. The van der Waals surface area contributed by atoms with E-state index in [1.807, 2.05) is 6.07 Å². The second kappa shape index (κ2) is 7.88. The smallest absolute Gasteiger partial charge is 0.267 e. The zero-order valence-corrected chi connectivity index (χ0v) is 18.5. The van der Waals surface area contributed by atoms with Crippen LogP contribution in [0.1, 0.15) is 31.1 Å². The fraction of sp³-hybridized carbons (Fsp3) is 0.435. The fourth-order valence-electron chi connectivity index (χ4n) is 4.66. The van der Waals surface area contributed by atoms with Gasteiger partial charge in [-0.05, 0) is 31.5 Å². The maximum Gasteiger partial charge on any atom is 0.267 e. The van der Waals surface area contributed by atoms with Crippen molar-refractivity contribution in [3.63, 3.8) is 0 Å². The Kier molecular flexibility index (Phi) is 5.02. The molecule has 4 heterocycles. The number of piperazine rings is 1. The van der Waals surface area contributed by atoms with Gasteiger partial charge in [0.1, 0.15) is 0 Å². The summed E-state index contributed by atoms with van der Waals surface area (Å²) in [6.45, 7) is 7.14. The highest BCUT2D eigenvalue weighted by Crippen LogP contribution is 2.36. The molecule has 9 nitrogen and oxygen atoms in total. The van der Waals surface area contributed by atoms with Gasteiger partial charge in [-0.1, -0.05) is 6.07 Å². The summed E-state index contributed by atoms with van der Waals surface area (Å²) < 4.78 is 14.2. The second-order valence-corrected chi connectivity index (χ2v) is 8.45. The first-order valence-corrected chi connectivity index (χ1v) is 10.8. The molecule has 0 spiro atoms. The van der Waals surface area contributed by atoms with Crippen molar-refractivity contribution in [1.29, 1.82) is 5.26 Å². The lowest BCUT2D eigenvalue weighted by atomic mass is 10.0. The van der Waals surface area contributed by atoms with Crippen molar-refractivity contribution in [1.82, 2.24) is 19.1 Å². The van der Waals surface area contributed by atoms with E-state index in [1.165, 1.54) is 10.2 Å². The third kappa shape index (κ3) is 3.37. The number of nitrogens with zero attached hydrogens (tertiary/aromatic N) is 6. The molecule has 1 saturated heterocycles. The Hall–Kier alpha value is -3.51. The number of anilines is 1. The molecule has 0 saturated carbocycles. The van der Waals surface area contributed by atoms with Gasteiger partial charge in [0.05, 0.1) is 30.1 Å². The number of hydrogen-bond donors (Lipinski definition) is 0. The van der Waals surface area contributed by atoms with E-state index >= 15 is 0 Å².